The first-order valence-corrected chi connectivity index (χ1v) is 7.97. The summed E-state index contributed by atoms with van der Waals surface area (Å²) in [5, 5.41) is 3.54. The van der Waals surface area contributed by atoms with E-state index in [4.69, 9.17) is 4.74 Å². The number of ether oxygens (including phenoxy) is 1. The summed E-state index contributed by atoms with van der Waals surface area (Å²) in [6.07, 6.45) is 3.07. The maximum Gasteiger partial charge on any atom is 0.272 e. The third-order valence-electron chi connectivity index (χ3n) is 3.20. The molecule has 0 aliphatic carbocycles. The van der Waals surface area contributed by atoms with E-state index in [1.165, 1.54) is 17.5 Å². The maximum atomic E-state index is 12.4. The van der Waals surface area contributed by atoms with E-state index in [2.05, 4.69) is 20.3 Å². The number of para-hydroxylation sites is 1. The van der Waals surface area contributed by atoms with Gasteiger partial charge in [0.2, 0.25) is 0 Å². The van der Waals surface area contributed by atoms with Crippen LogP contribution < -0.4 is 5.32 Å². The Labute approximate surface area is 137 Å². The van der Waals surface area contributed by atoms with E-state index >= 15 is 0 Å². The Bertz CT molecular complexity index is 801. The van der Waals surface area contributed by atoms with Gasteiger partial charge in [0, 0.05) is 25.5 Å². The van der Waals surface area contributed by atoms with Crippen LogP contribution in [-0.4, -0.2) is 40.6 Å². The molecule has 2 heterocycles. The van der Waals surface area contributed by atoms with Gasteiger partial charge in [0.25, 0.3) is 5.91 Å². The topological polar surface area (TPSA) is 77.0 Å². The van der Waals surface area contributed by atoms with Crippen molar-refractivity contribution in [3.63, 3.8) is 0 Å². The summed E-state index contributed by atoms with van der Waals surface area (Å²) in [7, 11) is 1.59. The summed E-state index contributed by atoms with van der Waals surface area (Å²) in [6.45, 7) is 2.30. The molecule has 1 atom stereocenters. The number of methoxy groups -OCH3 is 1. The zero-order valence-corrected chi connectivity index (χ0v) is 13.6. The number of thiazole rings is 1. The molecule has 0 aliphatic heterocycles. The number of nitrogens with zero attached hydrogens (tertiary/aromatic N) is 3. The molecule has 3 aromatic rings. The summed E-state index contributed by atoms with van der Waals surface area (Å²) in [5.41, 5.74) is 1.66. The number of benzene rings is 1. The molecule has 0 aliphatic rings. The van der Waals surface area contributed by atoms with E-state index in [1.54, 1.807) is 13.3 Å². The summed E-state index contributed by atoms with van der Waals surface area (Å²) in [4.78, 5) is 25.5. The molecule has 0 spiro atoms. The lowest BCUT2D eigenvalue weighted by molar-refractivity contribution is 0.0901. The van der Waals surface area contributed by atoms with Gasteiger partial charge in [-0.2, -0.15) is 0 Å². The number of fused-ring (bicyclic) bond motifs is 1. The number of carbonyl (C=O) groups excluding carboxylic acids is 1. The fraction of sp³-hybridized carbons (Fsp3) is 0.250. The van der Waals surface area contributed by atoms with Crippen LogP contribution in [0.25, 0.3) is 20.9 Å². The van der Waals surface area contributed by atoms with E-state index in [9.17, 15) is 4.79 Å². The minimum Gasteiger partial charge on any atom is -0.383 e. The fourth-order valence-corrected chi connectivity index (χ4v) is 3.18. The predicted octanol–water partition coefficient (Wildman–Crippen LogP) is 2.52. The van der Waals surface area contributed by atoms with Gasteiger partial charge in [-0.05, 0) is 19.1 Å². The third kappa shape index (κ3) is 3.35. The van der Waals surface area contributed by atoms with Crippen LogP contribution in [0.15, 0.2) is 36.7 Å². The lowest BCUT2D eigenvalue weighted by Crippen LogP contribution is -2.36. The number of carbonyl (C=O) groups is 1. The molecule has 0 fully saturated rings. The molecule has 1 amide bonds. The number of hydrogen-bond acceptors (Lipinski definition) is 6. The zero-order valence-electron chi connectivity index (χ0n) is 12.8. The van der Waals surface area contributed by atoms with Crippen molar-refractivity contribution in [2.24, 2.45) is 0 Å². The minimum atomic E-state index is -0.281. The van der Waals surface area contributed by atoms with Crippen molar-refractivity contribution in [3.05, 3.63) is 42.4 Å². The molecule has 0 saturated carbocycles. The number of rotatable bonds is 5. The summed E-state index contributed by atoms with van der Waals surface area (Å²) in [6, 6.07) is 7.71. The van der Waals surface area contributed by atoms with Gasteiger partial charge < -0.3 is 10.1 Å². The van der Waals surface area contributed by atoms with E-state index in [-0.39, 0.29) is 17.6 Å². The third-order valence-corrected chi connectivity index (χ3v) is 4.25. The summed E-state index contributed by atoms with van der Waals surface area (Å²) < 4.78 is 6.08. The molecule has 23 heavy (non-hydrogen) atoms. The van der Waals surface area contributed by atoms with E-state index in [1.807, 2.05) is 31.2 Å². The minimum absolute atomic E-state index is 0.113. The molecule has 3 rings (SSSR count). The van der Waals surface area contributed by atoms with E-state index < -0.39 is 0 Å². The molecule has 2 aromatic heterocycles. The van der Waals surface area contributed by atoms with Crippen LogP contribution in [0.2, 0.25) is 0 Å². The van der Waals surface area contributed by atoms with Gasteiger partial charge in [-0.1, -0.05) is 12.1 Å². The van der Waals surface area contributed by atoms with Gasteiger partial charge in [-0.3, -0.25) is 4.79 Å². The van der Waals surface area contributed by atoms with Gasteiger partial charge >= 0.3 is 0 Å². The maximum absolute atomic E-state index is 12.4. The van der Waals surface area contributed by atoms with Gasteiger partial charge in [0.05, 0.1) is 16.8 Å². The Morgan fingerprint density at radius 2 is 2.09 bits per heavy atom. The highest BCUT2D eigenvalue weighted by Crippen LogP contribution is 2.29. The average Bonchev–Trinajstić information content (AvgIpc) is 2.99. The molecular weight excluding hydrogens is 312 g/mol. The van der Waals surface area contributed by atoms with E-state index in [0.29, 0.717) is 17.3 Å². The fourth-order valence-electron chi connectivity index (χ4n) is 2.22. The van der Waals surface area contributed by atoms with Crippen molar-refractivity contribution in [2.45, 2.75) is 13.0 Å². The van der Waals surface area contributed by atoms with Crippen molar-refractivity contribution in [1.29, 1.82) is 0 Å². The van der Waals surface area contributed by atoms with Crippen LogP contribution in [0.1, 0.15) is 17.4 Å². The highest BCUT2D eigenvalue weighted by Gasteiger charge is 2.19. The van der Waals surface area contributed by atoms with Crippen molar-refractivity contribution >= 4 is 27.5 Å². The number of nitrogens with one attached hydrogen (secondary N) is 1. The molecule has 118 valence electrons. The van der Waals surface area contributed by atoms with E-state index in [0.717, 1.165) is 10.2 Å². The first-order chi connectivity index (χ1) is 11.2. The molecule has 0 bridgehead atoms. The first-order valence-electron chi connectivity index (χ1n) is 7.16. The second-order valence-corrected chi connectivity index (χ2v) is 6.10. The Morgan fingerprint density at radius 3 is 2.87 bits per heavy atom. The van der Waals surface area contributed by atoms with Crippen LogP contribution in [0.3, 0.4) is 0 Å². The van der Waals surface area contributed by atoms with Crippen molar-refractivity contribution in [3.8, 4) is 10.7 Å². The Morgan fingerprint density at radius 1 is 1.30 bits per heavy atom. The number of hydrogen-bond donors (Lipinski definition) is 1. The largest absolute Gasteiger partial charge is 0.383 e. The summed E-state index contributed by atoms with van der Waals surface area (Å²) >= 11 is 1.49. The van der Waals surface area contributed by atoms with Crippen molar-refractivity contribution in [2.75, 3.05) is 13.7 Å². The van der Waals surface area contributed by atoms with Gasteiger partial charge in [-0.25, -0.2) is 15.0 Å². The second-order valence-electron chi connectivity index (χ2n) is 5.07. The number of amides is 1. The lowest BCUT2D eigenvalue weighted by Gasteiger charge is -2.13. The molecule has 6 nitrogen and oxygen atoms in total. The highest BCUT2D eigenvalue weighted by atomic mass is 32.1. The molecular formula is C16H16N4O2S. The van der Waals surface area contributed by atoms with Crippen molar-refractivity contribution in [1.82, 2.24) is 20.3 Å². The molecule has 0 saturated heterocycles. The Balaban J connectivity index is 1.95. The quantitative estimate of drug-likeness (QED) is 0.779. The molecule has 0 radical (unpaired) electrons. The molecule has 7 heteroatoms. The average molecular weight is 328 g/mol. The zero-order chi connectivity index (χ0) is 16.2. The van der Waals surface area contributed by atoms with Crippen LogP contribution in [0, 0.1) is 0 Å². The smallest absolute Gasteiger partial charge is 0.272 e. The monoisotopic (exact) mass is 328 g/mol. The molecule has 1 N–H and O–H groups in total. The van der Waals surface area contributed by atoms with Crippen LogP contribution in [0.4, 0.5) is 0 Å². The first kappa shape index (κ1) is 15.5. The normalized spacial score (nSPS) is 12.3. The van der Waals surface area contributed by atoms with Gasteiger partial charge in [0.1, 0.15) is 10.7 Å². The lowest BCUT2D eigenvalue weighted by atomic mass is 10.2. The SMILES string of the molecule is COC[C@@H](C)NC(=O)c1nccnc1-c1nc2ccccc2s1. The molecule has 1 aromatic carbocycles. The number of aromatic nitrogens is 3. The highest BCUT2D eigenvalue weighted by molar-refractivity contribution is 7.21. The van der Waals surface area contributed by atoms with Crippen molar-refractivity contribution < 1.29 is 9.53 Å². The van der Waals surface area contributed by atoms with Gasteiger partial charge in [-0.15, -0.1) is 11.3 Å². The van der Waals surface area contributed by atoms with Gasteiger partial charge in [0.15, 0.2) is 5.69 Å². The Kier molecular flexibility index (Phi) is 4.59. The van der Waals surface area contributed by atoms with Crippen LogP contribution >= 0.6 is 11.3 Å². The van der Waals surface area contributed by atoms with Crippen LogP contribution in [0.5, 0.6) is 0 Å². The standard InChI is InChI=1S/C16H16N4O2S/c1-10(9-22-2)19-15(21)13-14(18-8-7-17-13)16-20-11-5-3-4-6-12(11)23-16/h3-8,10H,9H2,1-2H3,(H,19,21)/t10-/m1/s1. The Hall–Kier alpha value is -2.38. The van der Waals surface area contributed by atoms with Crippen LogP contribution in [-0.2, 0) is 4.74 Å². The summed E-state index contributed by atoms with van der Waals surface area (Å²) in [5.74, 6) is -0.281. The predicted molar refractivity (Wildman–Crippen MR) is 89.5 cm³/mol. The second kappa shape index (κ2) is 6.80. The molecule has 0 unspecified atom stereocenters.